The van der Waals surface area contributed by atoms with Crippen LogP contribution in [0.2, 0.25) is 0 Å². The van der Waals surface area contributed by atoms with Gasteiger partial charge in [0.15, 0.2) is 0 Å². The quantitative estimate of drug-likeness (QED) is 0.753. The summed E-state index contributed by atoms with van der Waals surface area (Å²) in [4.78, 5) is 8.15. The van der Waals surface area contributed by atoms with Crippen LogP contribution in [0.25, 0.3) is 0 Å². The highest BCUT2D eigenvalue weighted by Crippen LogP contribution is 2.27. The van der Waals surface area contributed by atoms with Gasteiger partial charge < -0.3 is 10.4 Å². The van der Waals surface area contributed by atoms with Gasteiger partial charge in [0.2, 0.25) is 0 Å². The zero-order valence-electron chi connectivity index (χ0n) is 8.06. The van der Waals surface area contributed by atoms with Crippen molar-refractivity contribution in [2.45, 2.75) is 25.3 Å². The predicted molar refractivity (Wildman–Crippen MR) is 53.9 cm³/mol. The molecule has 0 amide bonds. The van der Waals surface area contributed by atoms with E-state index in [1.165, 1.54) is 6.42 Å². The van der Waals surface area contributed by atoms with Crippen molar-refractivity contribution in [1.29, 1.82) is 0 Å². The molecule has 2 atom stereocenters. The molecule has 4 nitrogen and oxygen atoms in total. The van der Waals surface area contributed by atoms with Crippen LogP contribution in [-0.2, 0) is 0 Å². The first kappa shape index (κ1) is 9.40. The van der Waals surface area contributed by atoms with Crippen molar-refractivity contribution < 1.29 is 5.11 Å². The van der Waals surface area contributed by atoms with E-state index in [0.29, 0.717) is 12.0 Å². The van der Waals surface area contributed by atoms with Gasteiger partial charge in [-0.3, -0.25) is 4.98 Å². The van der Waals surface area contributed by atoms with Gasteiger partial charge in [-0.05, 0) is 12.8 Å². The van der Waals surface area contributed by atoms with Crippen molar-refractivity contribution in [3.05, 3.63) is 18.6 Å². The molecule has 1 aromatic rings. The standard InChI is InChI=1S/C10H15N3O/c14-7-8-2-1-3-9(8)13-10-6-11-4-5-12-10/h4-6,8-9,14H,1-3,7H2,(H,12,13). The lowest BCUT2D eigenvalue weighted by Crippen LogP contribution is -2.26. The lowest BCUT2D eigenvalue weighted by molar-refractivity contribution is 0.222. The van der Waals surface area contributed by atoms with Crippen LogP contribution < -0.4 is 5.32 Å². The van der Waals surface area contributed by atoms with Gasteiger partial charge in [-0.1, -0.05) is 6.42 Å². The molecular weight excluding hydrogens is 178 g/mol. The van der Waals surface area contributed by atoms with Crippen LogP contribution in [0, 0.1) is 5.92 Å². The summed E-state index contributed by atoms with van der Waals surface area (Å²) in [6.07, 6.45) is 8.45. The fourth-order valence-corrected chi connectivity index (χ4v) is 2.01. The van der Waals surface area contributed by atoms with Crippen molar-refractivity contribution in [3.8, 4) is 0 Å². The van der Waals surface area contributed by atoms with E-state index in [0.717, 1.165) is 18.7 Å². The van der Waals surface area contributed by atoms with E-state index in [9.17, 15) is 0 Å². The maximum Gasteiger partial charge on any atom is 0.144 e. The van der Waals surface area contributed by atoms with Crippen molar-refractivity contribution >= 4 is 5.82 Å². The normalized spacial score (nSPS) is 26.4. The molecule has 2 rings (SSSR count). The van der Waals surface area contributed by atoms with Gasteiger partial charge in [0.25, 0.3) is 0 Å². The summed E-state index contributed by atoms with van der Waals surface area (Å²) in [6, 6.07) is 0.358. The molecular formula is C10H15N3O. The molecule has 14 heavy (non-hydrogen) atoms. The molecule has 2 unspecified atom stereocenters. The van der Waals surface area contributed by atoms with Gasteiger partial charge >= 0.3 is 0 Å². The lowest BCUT2D eigenvalue weighted by Gasteiger charge is -2.18. The van der Waals surface area contributed by atoms with Crippen LogP contribution >= 0.6 is 0 Å². The maximum absolute atomic E-state index is 9.14. The zero-order valence-corrected chi connectivity index (χ0v) is 8.06. The van der Waals surface area contributed by atoms with E-state index in [4.69, 9.17) is 5.11 Å². The summed E-state index contributed by atoms with van der Waals surface area (Å²) in [6.45, 7) is 0.262. The first-order chi connectivity index (χ1) is 6.90. The molecule has 0 radical (unpaired) electrons. The third-order valence-electron chi connectivity index (χ3n) is 2.79. The average Bonchev–Trinajstić information content (AvgIpc) is 2.67. The van der Waals surface area contributed by atoms with Gasteiger partial charge in [0.1, 0.15) is 5.82 Å². The van der Waals surface area contributed by atoms with Gasteiger partial charge in [-0.2, -0.15) is 0 Å². The van der Waals surface area contributed by atoms with Gasteiger partial charge in [0, 0.05) is 31.0 Å². The molecule has 0 bridgehead atoms. The SMILES string of the molecule is OCC1CCCC1Nc1cnccn1. The Kier molecular flexibility index (Phi) is 2.93. The number of anilines is 1. The van der Waals surface area contributed by atoms with Crippen molar-refractivity contribution in [1.82, 2.24) is 9.97 Å². The van der Waals surface area contributed by atoms with Crippen LogP contribution in [0.3, 0.4) is 0 Å². The zero-order chi connectivity index (χ0) is 9.80. The Morgan fingerprint density at radius 1 is 1.43 bits per heavy atom. The lowest BCUT2D eigenvalue weighted by atomic mass is 10.1. The number of aromatic nitrogens is 2. The first-order valence-electron chi connectivity index (χ1n) is 5.03. The van der Waals surface area contributed by atoms with E-state index in [-0.39, 0.29) is 6.61 Å². The molecule has 1 aliphatic carbocycles. The summed E-state index contributed by atoms with van der Waals surface area (Å²) in [5.74, 6) is 1.18. The number of nitrogens with zero attached hydrogens (tertiary/aromatic N) is 2. The number of rotatable bonds is 3. The largest absolute Gasteiger partial charge is 0.396 e. The average molecular weight is 193 g/mol. The molecule has 1 fully saturated rings. The highest BCUT2D eigenvalue weighted by molar-refractivity contribution is 5.32. The van der Waals surface area contributed by atoms with Crippen molar-refractivity contribution in [2.24, 2.45) is 5.92 Å². The second-order valence-electron chi connectivity index (χ2n) is 3.72. The smallest absolute Gasteiger partial charge is 0.144 e. The monoisotopic (exact) mass is 193 g/mol. The van der Waals surface area contributed by atoms with Crippen molar-refractivity contribution in [2.75, 3.05) is 11.9 Å². The van der Waals surface area contributed by atoms with E-state index in [1.807, 2.05) is 0 Å². The Morgan fingerprint density at radius 2 is 2.36 bits per heavy atom. The fourth-order valence-electron chi connectivity index (χ4n) is 2.01. The minimum atomic E-state index is 0.262. The second-order valence-corrected chi connectivity index (χ2v) is 3.72. The van der Waals surface area contributed by atoms with E-state index >= 15 is 0 Å². The topological polar surface area (TPSA) is 58.0 Å². The summed E-state index contributed by atoms with van der Waals surface area (Å²) in [5.41, 5.74) is 0. The van der Waals surface area contributed by atoms with Crippen LogP contribution in [0.15, 0.2) is 18.6 Å². The first-order valence-corrected chi connectivity index (χ1v) is 5.03. The van der Waals surface area contributed by atoms with Gasteiger partial charge in [-0.25, -0.2) is 4.98 Å². The number of nitrogens with one attached hydrogen (secondary N) is 1. The van der Waals surface area contributed by atoms with E-state index in [2.05, 4.69) is 15.3 Å². The molecule has 1 aliphatic rings. The molecule has 1 aromatic heterocycles. The molecule has 0 aromatic carbocycles. The Morgan fingerprint density at radius 3 is 3.07 bits per heavy atom. The highest BCUT2D eigenvalue weighted by atomic mass is 16.3. The summed E-state index contributed by atoms with van der Waals surface area (Å²) in [5, 5.41) is 12.4. The predicted octanol–water partition coefficient (Wildman–Crippen LogP) is 1.05. The number of aliphatic hydroxyl groups excluding tert-OH is 1. The molecule has 1 heterocycles. The molecule has 0 saturated heterocycles. The van der Waals surface area contributed by atoms with Crippen LogP contribution in [0.4, 0.5) is 5.82 Å². The number of aliphatic hydroxyl groups is 1. The van der Waals surface area contributed by atoms with Gasteiger partial charge in [-0.15, -0.1) is 0 Å². The Bertz CT molecular complexity index is 278. The minimum Gasteiger partial charge on any atom is -0.396 e. The van der Waals surface area contributed by atoms with Crippen molar-refractivity contribution in [3.63, 3.8) is 0 Å². The Labute approximate surface area is 83.4 Å². The Hall–Kier alpha value is -1.16. The molecule has 0 spiro atoms. The number of hydrogen-bond donors (Lipinski definition) is 2. The van der Waals surface area contributed by atoms with Crippen LogP contribution in [0.5, 0.6) is 0 Å². The molecule has 4 heteroatoms. The fraction of sp³-hybridized carbons (Fsp3) is 0.600. The Balaban J connectivity index is 1.97. The summed E-state index contributed by atoms with van der Waals surface area (Å²) >= 11 is 0. The molecule has 76 valence electrons. The minimum absolute atomic E-state index is 0.262. The van der Waals surface area contributed by atoms with Crippen LogP contribution in [-0.4, -0.2) is 27.7 Å². The number of hydrogen-bond acceptors (Lipinski definition) is 4. The van der Waals surface area contributed by atoms with Crippen LogP contribution in [0.1, 0.15) is 19.3 Å². The maximum atomic E-state index is 9.14. The third kappa shape index (κ3) is 2.01. The van der Waals surface area contributed by atoms with E-state index in [1.54, 1.807) is 18.6 Å². The highest BCUT2D eigenvalue weighted by Gasteiger charge is 2.26. The summed E-state index contributed by atoms with van der Waals surface area (Å²) < 4.78 is 0. The van der Waals surface area contributed by atoms with E-state index < -0.39 is 0 Å². The van der Waals surface area contributed by atoms with Gasteiger partial charge in [0.05, 0.1) is 6.20 Å². The molecule has 0 aliphatic heterocycles. The molecule has 1 saturated carbocycles. The molecule has 2 N–H and O–H groups in total. The third-order valence-corrected chi connectivity index (χ3v) is 2.79. The summed E-state index contributed by atoms with van der Waals surface area (Å²) in [7, 11) is 0. The second kappa shape index (κ2) is 4.37.